The number of hydrogen-bond donors (Lipinski definition) is 0. The first-order chi connectivity index (χ1) is 8.83. The van der Waals surface area contributed by atoms with Gasteiger partial charge in [0.25, 0.3) is 0 Å². The van der Waals surface area contributed by atoms with Crippen molar-refractivity contribution in [3.05, 3.63) is 35.9 Å². The lowest BCUT2D eigenvalue weighted by Gasteiger charge is -2.17. The molecule has 1 aromatic carbocycles. The topological polar surface area (TPSA) is 65.0 Å². The van der Waals surface area contributed by atoms with E-state index < -0.39 is 17.7 Å². The Kier molecular flexibility index (Phi) is 4.80. The zero-order valence-corrected chi connectivity index (χ0v) is 11.5. The maximum Gasteiger partial charge on any atom is 0.434 e. The van der Waals surface area contributed by atoms with E-state index in [2.05, 4.69) is 9.73 Å². The molecular formula is C14H17NO4. The number of methoxy groups -OCH3 is 1. The lowest BCUT2D eigenvalue weighted by atomic mass is 10.1. The predicted octanol–water partition coefficient (Wildman–Crippen LogP) is 2.58. The minimum atomic E-state index is -0.822. The largest absolute Gasteiger partial charge is 0.464 e. The molecular weight excluding hydrogens is 246 g/mol. The average molecular weight is 263 g/mol. The van der Waals surface area contributed by atoms with Gasteiger partial charge in [-0.25, -0.2) is 9.59 Å². The summed E-state index contributed by atoms with van der Waals surface area (Å²) in [6.45, 7) is 5.17. The molecule has 0 aliphatic heterocycles. The lowest BCUT2D eigenvalue weighted by Crippen LogP contribution is -2.25. The molecule has 5 heteroatoms. The van der Waals surface area contributed by atoms with Crippen LogP contribution in [0.2, 0.25) is 0 Å². The van der Waals surface area contributed by atoms with Crippen LogP contribution in [0, 0.1) is 0 Å². The van der Waals surface area contributed by atoms with Crippen LogP contribution in [0.3, 0.4) is 0 Å². The molecule has 0 spiro atoms. The molecule has 0 saturated heterocycles. The fourth-order valence-corrected chi connectivity index (χ4v) is 1.30. The number of benzene rings is 1. The van der Waals surface area contributed by atoms with Gasteiger partial charge in [-0.15, -0.1) is 0 Å². The minimum Gasteiger partial charge on any atom is -0.464 e. The van der Waals surface area contributed by atoms with Gasteiger partial charge in [-0.3, -0.25) is 0 Å². The summed E-state index contributed by atoms with van der Waals surface area (Å²) in [6.07, 6.45) is -0.822. The number of carbonyl (C=O) groups is 2. The van der Waals surface area contributed by atoms with Gasteiger partial charge < -0.3 is 9.47 Å². The molecule has 19 heavy (non-hydrogen) atoms. The lowest BCUT2D eigenvalue weighted by molar-refractivity contribution is -0.132. The Balaban J connectivity index is 3.05. The molecule has 0 saturated carbocycles. The van der Waals surface area contributed by atoms with Crippen molar-refractivity contribution in [3.8, 4) is 0 Å². The van der Waals surface area contributed by atoms with Crippen LogP contribution < -0.4 is 0 Å². The smallest absolute Gasteiger partial charge is 0.434 e. The van der Waals surface area contributed by atoms with Crippen molar-refractivity contribution < 1.29 is 19.1 Å². The molecule has 0 unspecified atom stereocenters. The van der Waals surface area contributed by atoms with Crippen molar-refractivity contribution in [1.82, 2.24) is 0 Å². The fraction of sp³-hybridized carbons (Fsp3) is 0.357. The Labute approximate surface area is 112 Å². The summed E-state index contributed by atoms with van der Waals surface area (Å²) < 4.78 is 9.67. The Morgan fingerprint density at radius 2 is 1.68 bits per heavy atom. The molecule has 0 heterocycles. The zero-order valence-electron chi connectivity index (χ0n) is 11.5. The second-order valence-electron chi connectivity index (χ2n) is 4.80. The van der Waals surface area contributed by atoms with Crippen LogP contribution in [0.15, 0.2) is 35.3 Å². The first kappa shape index (κ1) is 14.9. The predicted molar refractivity (Wildman–Crippen MR) is 71.2 cm³/mol. The second-order valence-corrected chi connectivity index (χ2v) is 4.80. The van der Waals surface area contributed by atoms with Crippen molar-refractivity contribution >= 4 is 17.8 Å². The van der Waals surface area contributed by atoms with Gasteiger partial charge in [0.1, 0.15) is 5.60 Å². The maximum absolute atomic E-state index is 11.7. The highest BCUT2D eigenvalue weighted by molar-refractivity contribution is 6.44. The SMILES string of the molecule is COC(=O)/C(=N\C(=O)OC(C)(C)C)c1ccccc1. The maximum atomic E-state index is 11.7. The number of ether oxygens (including phenoxy) is 2. The van der Waals surface area contributed by atoms with E-state index in [0.717, 1.165) is 0 Å². The van der Waals surface area contributed by atoms with E-state index in [4.69, 9.17) is 4.74 Å². The number of esters is 1. The third kappa shape index (κ3) is 4.91. The Hall–Kier alpha value is -2.17. The molecule has 0 fully saturated rings. The molecule has 1 aromatic rings. The number of carbonyl (C=O) groups excluding carboxylic acids is 2. The van der Waals surface area contributed by atoms with E-state index in [9.17, 15) is 9.59 Å². The van der Waals surface area contributed by atoms with Crippen LogP contribution in [0.25, 0.3) is 0 Å². The van der Waals surface area contributed by atoms with E-state index in [-0.39, 0.29) is 5.71 Å². The Bertz CT molecular complexity index is 486. The van der Waals surface area contributed by atoms with Crippen LogP contribution in [-0.4, -0.2) is 30.5 Å². The summed E-state index contributed by atoms with van der Waals surface area (Å²) >= 11 is 0. The van der Waals surface area contributed by atoms with Crippen molar-refractivity contribution in [3.63, 3.8) is 0 Å². The van der Waals surface area contributed by atoms with Crippen molar-refractivity contribution in [2.24, 2.45) is 4.99 Å². The van der Waals surface area contributed by atoms with Crippen LogP contribution in [0.4, 0.5) is 4.79 Å². The van der Waals surface area contributed by atoms with E-state index in [1.54, 1.807) is 51.1 Å². The Morgan fingerprint density at radius 3 is 2.16 bits per heavy atom. The number of hydrogen-bond acceptors (Lipinski definition) is 4. The number of nitrogens with zero attached hydrogens (tertiary/aromatic N) is 1. The zero-order chi connectivity index (χ0) is 14.5. The molecule has 102 valence electrons. The first-order valence-electron chi connectivity index (χ1n) is 5.79. The monoisotopic (exact) mass is 263 g/mol. The second kappa shape index (κ2) is 6.13. The van der Waals surface area contributed by atoms with E-state index in [1.165, 1.54) is 7.11 Å². The van der Waals surface area contributed by atoms with Crippen LogP contribution >= 0.6 is 0 Å². The molecule has 5 nitrogen and oxygen atoms in total. The summed E-state index contributed by atoms with van der Waals surface area (Å²) in [4.78, 5) is 27.0. The molecule has 0 N–H and O–H groups in total. The minimum absolute atomic E-state index is 0.0719. The van der Waals surface area contributed by atoms with Crippen molar-refractivity contribution in [2.75, 3.05) is 7.11 Å². The summed E-state index contributed by atoms with van der Waals surface area (Å²) in [7, 11) is 1.23. The van der Waals surface area contributed by atoms with Gasteiger partial charge in [0.15, 0.2) is 5.71 Å². The van der Waals surface area contributed by atoms with Crippen LogP contribution in [-0.2, 0) is 14.3 Å². The summed E-state index contributed by atoms with van der Waals surface area (Å²) in [5.41, 5.74) is -0.240. The molecule has 0 aromatic heterocycles. The van der Waals surface area contributed by atoms with Gasteiger partial charge in [-0.2, -0.15) is 4.99 Å². The molecule has 0 bridgehead atoms. The third-order valence-corrected chi connectivity index (χ3v) is 2.02. The summed E-state index contributed by atoms with van der Waals surface area (Å²) in [6, 6.07) is 8.61. The number of rotatable bonds is 2. The number of aliphatic imine (C=N–C) groups is 1. The molecule has 0 radical (unpaired) electrons. The van der Waals surface area contributed by atoms with Gasteiger partial charge in [0.05, 0.1) is 7.11 Å². The fourth-order valence-electron chi connectivity index (χ4n) is 1.30. The van der Waals surface area contributed by atoms with E-state index in [0.29, 0.717) is 5.56 Å². The van der Waals surface area contributed by atoms with Crippen LogP contribution in [0.1, 0.15) is 26.3 Å². The molecule has 0 aliphatic rings. The highest BCUT2D eigenvalue weighted by Gasteiger charge is 2.20. The molecule has 1 amide bonds. The normalized spacial score (nSPS) is 11.9. The van der Waals surface area contributed by atoms with E-state index >= 15 is 0 Å². The molecule has 1 rings (SSSR count). The van der Waals surface area contributed by atoms with E-state index in [1.807, 2.05) is 0 Å². The molecule has 0 aliphatic carbocycles. The average Bonchev–Trinajstić information content (AvgIpc) is 2.34. The standard InChI is InChI=1S/C14H17NO4/c1-14(2,3)19-13(17)15-11(12(16)18-4)10-8-6-5-7-9-10/h5-9H,1-4H3/b15-11-. The highest BCUT2D eigenvalue weighted by atomic mass is 16.6. The van der Waals surface area contributed by atoms with Crippen molar-refractivity contribution in [2.45, 2.75) is 26.4 Å². The van der Waals surface area contributed by atoms with Gasteiger partial charge >= 0.3 is 12.1 Å². The quantitative estimate of drug-likeness (QED) is 0.607. The molecule has 0 atom stereocenters. The van der Waals surface area contributed by atoms with Crippen LogP contribution in [0.5, 0.6) is 0 Å². The first-order valence-corrected chi connectivity index (χ1v) is 5.79. The Morgan fingerprint density at radius 1 is 1.11 bits per heavy atom. The summed E-state index contributed by atoms with van der Waals surface area (Å²) in [5.74, 6) is -0.683. The van der Waals surface area contributed by atoms with Gasteiger partial charge in [0, 0.05) is 5.56 Å². The van der Waals surface area contributed by atoms with Gasteiger partial charge in [-0.05, 0) is 20.8 Å². The highest BCUT2D eigenvalue weighted by Crippen LogP contribution is 2.10. The summed E-state index contributed by atoms with van der Waals surface area (Å²) in [5, 5.41) is 0. The number of amides is 1. The third-order valence-electron chi connectivity index (χ3n) is 2.02. The van der Waals surface area contributed by atoms with Gasteiger partial charge in [-0.1, -0.05) is 30.3 Å². The van der Waals surface area contributed by atoms with Crippen molar-refractivity contribution in [1.29, 1.82) is 0 Å². The van der Waals surface area contributed by atoms with Gasteiger partial charge in [0.2, 0.25) is 0 Å².